The summed E-state index contributed by atoms with van der Waals surface area (Å²) >= 11 is 5.88. The molecule has 2 N–H and O–H groups in total. The van der Waals surface area contributed by atoms with Crippen LogP contribution in [0.4, 0.5) is 10.2 Å². The predicted octanol–water partition coefficient (Wildman–Crippen LogP) is 3.13. The van der Waals surface area contributed by atoms with E-state index in [1.54, 1.807) is 19.9 Å². The summed E-state index contributed by atoms with van der Waals surface area (Å²) in [7, 11) is 0. The van der Waals surface area contributed by atoms with Crippen LogP contribution in [0.1, 0.15) is 28.5 Å². The fourth-order valence-electron chi connectivity index (χ4n) is 1.76. The number of hydrazone groups is 1. The number of rotatable bonds is 5. The minimum Gasteiger partial charge on any atom is -0.462 e. The maximum absolute atomic E-state index is 13.6. The van der Waals surface area contributed by atoms with Crippen LogP contribution >= 0.6 is 11.6 Å². The first-order chi connectivity index (χ1) is 10.5. The third-order valence-corrected chi connectivity index (χ3v) is 3.12. The van der Waals surface area contributed by atoms with E-state index in [0.29, 0.717) is 5.69 Å². The zero-order valence-corrected chi connectivity index (χ0v) is 12.7. The monoisotopic (exact) mass is 324 g/mol. The molecule has 2 aromatic rings. The second-order valence-electron chi connectivity index (χ2n) is 4.30. The van der Waals surface area contributed by atoms with Crippen molar-refractivity contribution in [3.63, 3.8) is 0 Å². The van der Waals surface area contributed by atoms with Crippen LogP contribution in [0, 0.1) is 12.7 Å². The fraction of sp³-hybridized carbons (Fsp3) is 0.214. The predicted molar refractivity (Wildman–Crippen MR) is 81.9 cm³/mol. The van der Waals surface area contributed by atoms with Gasteiger partial charge in [0.2, 0.25) is 0 Å². The number of esters is 1. The average molecular weight is 325 g/mol. The quantitative estimate of drug-likeness (QED) is 0.503. The van der Waals surface area contributed by atoms with Crippen LogP contribution in [0.3, 0.4) is 0 Å². The lowest BCUT2D eigenvalue weighted by atomic mass is 10.2. The molecule has 0 saturated carbocycles. The maximum Gasteiger partial charge on any atom is 0.343 e. The lowest BCUT2D eigenvalue weighted by molar-refractivity contribution is 0.0526. The number of H-pyrrole nitrogens is 1. The van der Waals surface area contributed by atoms with Crippen molar-refractivity contribution in [3.05, 3.63) is 45.9 Å². The number of nitrogens with zero attached hydrogens (tertiary/aromatic N) is 2. The van der Waals surface area contributed by atoms with Crippen molar-refractivity contribution in [2.75, 3.05) is 12.0 Å². The molecule has 0 fully saturated rings. The Bertz CT molecular complexity index is 695. The zero-order valence-electron chi connectivity index (χ0n) is 12.0. The van der Waals surface area contributed by atoms with E-state index in [9.17, 15) is 9.18 Å². The molecular formula is C14H14ClFN4O2. The number of halogens is 2. The lowest BCUT2D eigenvalue weighted by Gasteiger charge is -2.03. The van der Waals surface area contributed by atoms with Crippen LogP contribution in [-0.2, 0) is 4.74 Å². The van der Waals surface area contributed by atoms with Crippen molar-refractivity contribution < 1.29 is 13.9 Å². The Morgan fingerprint density at radius 3 is 3.05 bits per heavy atom. The molecule has 2 rings (SSSR count). The number of hydrogen-bond acceptors (Lipinski definition) is 5. The van der Waals surface area contributed by atoms with Gasteiger partial charge in [-0.25, -0.2) is 9.18 Å². The number of aromatic nitrogens is 2. The van der Waals surface area contributed by atoms with Crippen LogP contribution in [0.15, 0.2) is 23.3 Å². The number of nitrogens with one attached hydrogen (secondary N) is 2. The average Bonchev–Trinajstić information content (AvgIpc) is 2.83. The number of anilines is 1. The molecular weight excluding hydrogens is 311 g/mol. The summed E-state index contributed by atoms with van der Waals surface area (Å²) in [4.78, 5) is 11.8. The molecule has 0 amide bonds. The molecule has 0 aliphatic carbocycles. The van der Waals surface area contributed by atoms with E-state index in [4.69, 9.17) is 16.3 Å². The third kappa shape index (κ3) is 3.43. The largest absolute Gasteiger partial charge is 0.462 e. The molecule has 0 aliphatic heterocycles. The molecule has 1 aromatic carbocycles. The van der Waals surface area contributed by atoms with Crippen LogP contribution in [-0.4, -0.2) is 29.0 Å². The number of ether oxygens (including phenoxy) is 1. The molecule has 8 heteroatoms. The Morgan fingerprint density at radius 2 is 2.36 bits per heavy atom. The minimum absolute atomic E-state index is 0.140. The summed E-state index contributed by atoms with van der Waals surface area (Å²) in [5.41, 5.74) is 3.51. The smallest absolute Gasteiger partial charge is 0.343 e. The normalized spacial score (nSPS) is 10.9. The number of aryl methyl sites for hydroxylation is 1. The molecule has 0 atom stereocenters. The first-order valence-electron chi connectivity index (χ1n) is 6.49. The topological polar surface area (TPSA) is 79.4 Å². The van der Waals surface area contributed by atoms with Crippen LogP contribution in [0.25, 0.3) is 0 Å². The number of hydrogen-bond donors (Lipinski definition) is 2. The van der Waals surface area contributed by atoms with Gasteiger partial charge in [0, 0.05) is 11.3 Å². The van der Waals surface area contributed by atoms with E-state index in [1.165, 1.54) is 18.3 Å². The summed E-state index contributed by atoms with van der Waals surface area (Å²) in [6.07, 6.45) is 1.22. The lowest BCUT2D eigenvalue weighted by Crippen LogP contribution is -2.08. The third-order valence-electron chi connectivity index (χ3n) is 2.79. The van der Waals surface area contributed by atoms with Crippen LogP contribution in [0.5, 0.6) is 0 Å². The van der Waals surface area contributed by atoms with Gasteiger partial charge in [0.15, 0.2) is 5.82 Å². The zero-order chi connectivity index (χ0) is 16.1. The van der Waals surface area contributed by atoms with Gasteiger partial charge in [-0.3, -0.25) is 10.5 Å². The Labute approximate surface area is 131 Å². The number of carbonyl (C=O) groups is 1. The van der Waals surface area contributed by atoms with E-state index in [-0.39, 0.29) is 28.6 Å². The Kier molecular flexibility index (Phi) is 5.11. The highest BCUT2D eigenvalue weighted by molar-refractivity contribution is 6.33. The van der Waals surface area contributed by atoms with E-state index in [1.807, 2.05) is 0 Å². The first-order valence-corrected chi connectivity index (χ1v) is 6.87. The van der Waals surface area contributed by atoms with Crippen molar-refractivity contribution in [3.8, 4) is 0 Å². The molecule has 1 aromatic heterocycles. The van der Waals surface area contributed by atoms with Gasteiger partial charge in [-0.1, -0.05) is 17.7 Å². The van der Waals surface area contributed by atoms with Gasteiger partial charge in [0.1, 0.15) is 11.4 Å². The number of carbonyl (C=O) groups excluding carboxylic acids is 1. The molecule has 0 bridgehead atoms. The van der Waals surface area contributed by atoms with E-state index < -0.39 is 11.8 Å². The highest BCUT2D eigenvalue weighted by atomic mass is 35.5. The van der Waals surface area contributed by atoms with Gasteiger partial charge in [-0.15, -0.1) is 0 Å². The van der Waals surface area contributed by atoms with Gasteiger partial charge in [0.05, 0.1) is 17.8 Å². The summed E-state index contributed by atoms with van der Waals surface area (Å²) in [5, 5.41) is 10.7. The van der Waals surface area contributed by atoms with Gasteiger partial charge < -0.3 is 4.74 Å². The second kappa shape index (κ2) is 7.04. The van der Waals surface area contributed by atoms with Gasteiger partial charge >= 0.3 is 5.97 Å². The van der Waals surface area contributed by atoms with Crippen molar-refractivity contribution in [2.45, 2.75) is 13.8 Å². The van der Waals surface area contributed by atoms with Crippen LogP contribution < -0.4 is 5.43 Å². The molecule has 22 heavy (non-hydrogen) atoms. The fourth-order valence-corrected chi connectivity index (χ4v) is 1.97. The molecule has 0 saturated heterocycles. The molecule has 116 valence electrons. The Balaban J connectivity index is 2.19. The standard InChI is InChI=1S/C14H14ClFN4O2/c1-3-22-14(21)12-8(2)18-20-13(12)19-17-7-9-10(15)5-4-6-11(9)16/h4-7H,3H2,1-2H3,(H2,18,19,20)/b17-7-. The van der Waals surface area contributed by atoms with Crippen molar-refractivity contribution in [1.82, 2.24) is 10.2 Å². The van der Waals surface area contributed by atoms with E-state index >= 15 is 0 Å². The summed E-state index contributed by atoms with van der Waals surface area (Å²) in [6, 6.07) is 4.32. The summed E-state index contributed by atoms with van der Waals surface area (Å²) < 4.78 is 18.5. The molecule has 1 heterocycles. The van der Waals surface area contributed by atoms with Crippen molar-refractivity contribution >= 4 is 29.6 Å². The number of aromatic amines is 1. The molecule has 0 unspecified atom stereocenters. The van der Waals surface area contributed by atoms with Gasteiger partial charge in [-0.05, 0) is 26.0 Å². The van der Waals surface area contributed by atoms with Crippen molar-refractivity contribution in [2.24, 2.45) is 5.10 Å². The molecule has 0 aliphatic rings. The summed E-state index contributed by atoms with van der Waals surface area (Å²) in [6.45, 7) is 3.64. The van der Waals surface area contributed by atoms with Crippen LogP contribution in [0.2, 0.25) is 5.02 Å². The summed E-state index contributed by atoms with van der Waals surface area (Å²) in [5.74, 6) is -0.822. The number of benzene rings is 1. The van der Waals surface area contributed by atoms with E-state index in [0.717, 1.165) is 0 Å². The molecule has 0 spiro atoms. The first kappa shape index (κ1) is 16.0. The van der Waals surface area contributed by atoms with Crippen molar-refractivity contribution in [1.29, 1.82) is 0 Å². The van der Waals surface area contributed by atoms with E-state index in [2.05, 4.69) is 20.7 Å². The highest BCUT2D eigenvalue weighted by Crippen LogP contribution is 2.19. The van der Waals surface area contributed by atoms with Gasteiger partial charge in [0.25, 0.3) is 0 Å². The highest BCUT2D eigenvalue weighted by Gasteiger charge is 2.19. The molecule has 0 radical (unpaired) electrons. The Hall–Kier alpha value is -2.41. The van der Waals surface area contributed by atoms with Gasteiger partial charge in [-0.2, -0.15) is 10.2 Å². The Morgan fingerprint density at radius 1 is 1.59 bits per heavy atom. The SMILES string of the molecule is CCOC(=O)c1c(N/N=C\c2c(F)cccc2Cl)n[nH]c1C. The minimum atomic E-state index is -0.518. The maximum atomic E-state index is 13.6. The molecule has 6 nitrogen and oxygen atoms in total. The second-order valence-corrected chi connectivity index (χ2v) is 4.71.